The van der Waals surface area contributed by atoms with Crippen molar-refractivity contribution in [2.24, 2.45) is 0 Å². The second kappa shape index (κ2) is 7.59. The summed E-state index contributed by atoms with van der Waals surface area (Å²) in [5.74, 6) is -0.00355. The van der Waals surface area contributed by atoms with Crippen LogP contribution in [0.2, 0.25) is 0 Å². The van der Waals surface area contributed by atoms with Crippen LogP contribution in [-0.4, -0.2) is 22.7 Å². The zero-order valence-corrected chi connectivity index (χ0v) is 14.7. The van der Waals surface area contributed by atoms with Crippen molar-refractivity contribution in [1.82, 2.24) is 4.98 Å². The molecule has 23 heavy (non-hydrogen) atoms. The van der Waals surface area contributed by atoms with Crippen molar-refractivity contribution in [2.45, 2.75) is 45.4 Å². The fraction of sp³-hybridized carbons (Fsp3) is 0.444. The van der Waals surface area contributed by atoms with Crippen LogP contribution in [0.5, 0.6) is 5.75 Å². The minimum absolute atomic E-state index is 0.0218. The summed E-state index contributed by atoms with van der Waals surface area (Å²) in [6.45, 7) is 7.20. The highest BCUT2D eigenvalue weighted by Gasteiger charge is 2.17. The maximum atomic E-state index is 10.6. The molecule has 0 radical (unpaired) electrons. The number of ether oxygens (including phenoxy) is 1. The van der Waals surface area contributed by atoms with Crippen LogP contribution in [0.3, 0.4) is 0 Å². The Morgan fingerprint density at radius 2 is 2.00 bits per heavy atom. The van der Waals surface area contributed by atoms with Gasteiger partial charge in [-0.1, -0.05) is 32.9 Å². The first-order chi connectivity index (χ1) is 10.9. The Bertz CT molecular complexity index is 647. The van der Waals surface area contributed by atoms with E-state index in [-0.39, 0.29) is 11.8 Å². The van der Waals surface area contributed by atoms with Crippen molar-refractivity contribution in [2.75, 3.05) is 6.61 Å². The van der Waals surface area contributed by atoms with E-state index in [1.54, 1.807) is 5.38 Å². The molecule has 0 aliphatic rings. The maximum Gasteiger partial charge on any atom is 0.309 e. The standard InChI is InChI=1S/C18H23NO3S/c1-4-18(2,3)13-5-7-15(8-6-13)22-10-9-16-19-14(12-23-16)11-17(20)21/h5-8,12H,4,9-11H2,1-3H3,(H,20,21). The van der Waals surface area contributed by atoms with Gasteiger partial charge in [0.2, 0.25) is 0 Å². The van der Waals surface area contributed by atoms with Crippen LogP contribution in [0, 0.1) is 0 Å². The number of nitrogens with zero attached hydrogens (tertiary/aromatic N) is 1. The molecule has 0 aliphatic carbocycles. The summed E-state index contributed by atoms with van der Waals surface area (Å²) in [4.78, 5) is 14.9. The Hall–Kier alpha value is -1.88. The number of hydrogen-bond acceptors (Lipinski definition) is 4. The van der Waals surface area contributed by atoms with Crippen molar-refractivity contribution < 1.29 is 14.6 Å². The van der Waals surface area contributed by atoms with Gasteiger partial charge in [-0.3, -0.25) is 4.79 Å². The number of aliphatic carboxylic acids is 1. The SMILES string of the molecule is CCC(C)(C)c1ccc(OCCc2nc(CC(=O)O)cs2)cc1. The summed E-state index contributed by atoms with van der Waals surface area (Å²) in [5.41, 5.74) is 2.11. The molecule has 0 atom stereocenters. The van der Waals surface area contributed by atoms with Crippen molar-refractivity contribution in [3.8, 4) is 5.75 Å². The van der Waals surface area contributed by atoms with Gasteiger partial charge < -0.3 is 9.84 Å². The van der Waals surface area contributed by atoms with E-state index in [0.717, 1.165) is 17.2 Å². The van der Waals surface area contributed by atoms with Gasteiger partial charge in [0.15, 0.2) is 0 Å². The van der Waals surface area contributed by atoms with Crippen LogP contribution >= 0.6 is 11.3 Å². The molecular formula is C18H23NO3S. The third-order valence-electron chi connectivity index (χ3n) is 4.04. The molecule has 0 saturated heterocycles. The highest BCUT2D eigenvalue weighted by atomic mass is 32.1. The molecule has 1 aromatic heterocycles. The maximum absolute atomic E-state index is 10.6. The van der Waals surface area contributed by atoms with E-state index < -0.39 is 5.97 Å². The Morgan fingerprint density at radius 1 is 1.30 bits per heavy atom. The summed E-state index contributed by atoms with van der Waals surface area (Å²) in [6.07, 6.45) is 1.76. The summed E-state index contributed by atoms with van der Waals surface area (Å²) in [5, 5.41) is 11.4. The van der Waals surface area contributed by atoms with Gasteiger partial charge in [0.1, 0.15) is 5.75 Å². The van der Waals surface area contributed by atoms with E-state index in [9.17, 15) is 4.79 Å². The van der Waals surface area contributed by atoms with E-state index in [1.807, 2.05) is 12.1 Å². The lowest BCUT2D eigenvalue weighted by Crippen LogP contribution is -2.15. The van der Waals surface area contributed by atoms with E-state index in [2.05, 4.69) is 37.9 Å². The third-order valence-corrected chi connectivity index (χ3v) is 4.99. The quantitative estimate of drug-likeness (QED) is 0.791. The van der Waals surface area contributed by atoms with Gasteiger partial charge in [-0.25, -0.2) is 4.98 Å². The molecule has 0 fully saturated rings. The van der Waals surface area contributed by atoms with E-state index in [1.165, 1.54) is 16.9 Å². The molecule has 2 aromatic rings. The first kappa shape index (κ1) is 17.5. The Kier molecular flexibility index (Phi) is 5.77. The summed E-state index contributed by atoms with van der Waals surface area (Å²) in [6, 6.07) is 8.25. The topological polar surface area (TPSA) is 59.4 Å². The number of carboxylic acids is 1. The van der Waals surface area contributed by atoms with Crippen LogP contribution in [0.1, 0.15) is 43.5 Å². The molecular weight excluding hydrogens is 310 g/mol. The number of thiazole rings is 1. The van der Waals surface area contributed by atoms with Gasteiger partial charge in [0.05, 0.1) is 23.7 Å². The highest BCUT2D eigenvalue weighted by molar-refractivity contribution is 7.09. The molecule has 1 heterocycles. The molecule has 5 heteroatoms. The van der Waals surface area contributed by atoms with Gasteiger partial charge in [-0.2, -0.15) is 0 Å². The number of rotatable bonds is 8. The molecule has 0 saturated carbocycles. The van der Waals surface area contributed by atoms with Crippen LogP contribution in [0.15, 0.2) is 29.6 Å². The van der Waals surface area contributed by atoms with Crippen molar-refractivity contribution in [1.29, 1.82) is 0 Å². The molecule has 0 aliphatic heterocycles. The molecule has 1 aromatic carbocycles. The van der Waals surface area contributed by atoms with Gasteiger partial charge in [-0.05, 0) is 29.5 Å². The lowest BCUT2D eigenvalue weighted by molar-refractivity contribution is -0.136. The minimum atomic E-state index is -0.854. The summed E-state index contributed by atoms with van der Waals surface area (Å²) >= 11 is 1.48. The predicted molar refractivity (Wildman–Crippen MR) is 92.4 cm³/mol. The Labute approximate surface area is 141 Å². The fourth-order valence-electron chi connectivity index (χ4n) is 2.16. The number of benzene rings is 1. The normalized spacial score (nSPS) is 11.4. The molecule has 2 rings (SSSR count). The molecule has 0 unspecified atom stereocenters. The molecule has 0 bridgehead atoms. The molecule has 124 valence electrons. The number of hydrogen-bond donors (Lipinski definition) is 1. The molecule has 4 nitrogen and oxygen atoms in total. The van der Waals surface area contributed by atoms with Crippen LogP contribution in [-0.2, 0) is 23.1 Å². The summed E-state index contributed by atoms with van der Waals surface area (Å²) < 4.78 is 5.75. The Balaban J connectivity index is 1.84. The number of aromatic nitrogens is 1. The van der Waals surface area contributed by atoms with E-state index >= 15 is 0 Å². The van der Waals surface area contributed by atoms with Gasteiger partial charge in [0, 0.05) is 11.8 Å². The Morgan fingerprint density at radius 3 is 2.61 bits per heavy atom. The van der Waals surface area contributed by atoms with Gasteiger partial charge >= 0.3 is 5.97 Å². The molecule has 0 spiro atoms. The van der Waals surface area contributed by atoms with E-state index in [0.29, 0.717) is 18.7 Å². The first-order valence-corrected chi connectivity index (χ1v) is 8.67. The minimum Gasteiger partial charge on any atom is -0.493 e. The first-order valence-electron chi connectivity index (χ1n) is 7.79. The monoisotopic (exact) mass is 333 g/mol. The summed E-state index contributed by atoms with van der Waals surface area (Å²) in [7, 11) is 0. The van der Waals surface area contributed by atoms with Gasteiger partial charge in [0.25, 0.3) is 0 Å². The zero-order chi connectivity index (χ0) is 16.9. The fourth-order valence-corrected chi connectivity index (χ4v) is 2.94. The average molecular weight is 333 g/mol. The molecule has 0 amide bonds. The van der Waals surface area contributed by atoms with E-state index in [4.69, 9.17) is 9.84 Å². The average Bonchev–Trinajstić information content (AvgIpc) is 2.94. The number of carbonyl (C=O) groups is 1. The molecule has 1 N–H and O–H groups in total. The predicted octanol–water partition coefficient (Wildman–Crippen LogP) is 4.08. The lowest BCUT2D eigenvalue weighted by Gasteiger charge is -2.23. The van der Waals surface area contributed by atoms with Crippen LogP contribution in [0.4, 0.5) is 0 Å². The van der Waals surface area contributed by atoms with Crippen LogP contribution in [0.25, 0.3) is 0 Å². The highest BCUT2D eigenvalue weighted by Crippen LogP contribution is 2.28. The smallest absolute Gasteiger partial charge is 0.309 e. The third kappa shape index (κ3) is 5.06. The second-order valence-electron chi connectivity index (χ2n) is 6.16. The van der Waals surface area contributed by atoms with Crippen molar-refractivity contribution >= 4 is 17.3 Å². The second-order valence-corrected chi connectivity index (χ2v) is 7.11. The van der Waals surface area contributed by atoms with Crippen molar-refractivity contribution in [3.05, 3.63) is 45.9 Å². The zero-order valence-electron chi connectivity index (χ0n) is 13.8. The lowest BCUT2D eigenvalue weighted by atomic mass is 9.82. The van der Waals surface area contributed by atoms with Gasteiger partial charge in [-0.15, -0.1) is 11.3 Å². The largest absolute Gasteiger partial charge is 0.493 e. The van der Waals surface area contributed by atoms with Crippen LogP contribution < -0.4 is 4.74 Å². The number of carboxylic acid groups (broad SMARTS) is 1. The van der Waals surface area contributed by atoms with Crippen molar-refractivity contribution in [3.63, 3.8) is 0 Å².